The summed E-state index contributed by atoms with van der Waals surface area (Å²) < 4.78 is 38.6. The quantitative estimate of drug-likeness (QED) is 0.780. The molecule has 1 rings (SSSR count). The Kier molecular flexibility index (Phi) is 4.98. The van der Waals surface area contributed by atoms with Gasteiger partial charge in [0.2, 0.25) is 0 Å². The Morgan fingerprint density at radius 3 is 2.45 bits per heavy atom. The van der Waals surface area contributed by atoms with Crippen molar-refractivity contribution in [1.29, 1.82) is 0 Å². The van der Waals surface area contributed by atoms with Crippen molar-refractivity contribution in [2.45, 2.75) is 19.1 Å². The van der Waals surface area contributed by atoms with E-state index in [0.717, 1.165) is 12.1 Å². The van der Waals surface area contributed by atoms with Crippen LogP contribution in [0, 0.1) is 0 Å². The average molecular weight is 355 g/mol. The summed E-state index contributed by atoms with van der Waals surface area (Å²) in [7, 11) is 0. The number of urea groups is 1. The van der Waals surface area contributed by atoms with Crippen LogP contribution in [0.4, 0.5) is 23.7 Å². The second-order valence-corrected chi connectivity index (χ2v) is 4.76. The summed E-state index contributed by atoms with van der Waals surface area (Å²) in [6, 6.07) is 0.951. The third-order valence-electron chi connectivity index (χ3n) is 2.25. The lowest BCUT2D eigenvalue weighted by Crippen LogP contribution is -2.41. The van der Waals surface area contributed by atoms with Crippen molar-refractivity contribution in [1.82, 2.24) is 5.32 Å². The summed E-state index contributed by atoms with van der Waals surface area (Å²) in [5.74, 6) is -1.30. The van der Waals surface area contributed by atoms with Crippen LogP contribution < -0.4 is 10.6 Å². The largest absolute Gasteiger partial charge is 0.480 e. The van der Waals surface area contributed by atoms with Crippen LogP contribution in [0.25, 0.3) is 0 Å². The molecule has 0 saturated heterocycles. The lowest BCUT2D eigenvalue weighted by Gasteiger charge is -2.15. The van der Waals surface area contributed by atoms with Crippen molar-refractivity contribution in [3.8, 4) is 0 Å². The summed E-state index contributed by atoms with van der Waals surface area (Å²) in [4.78, 5) is 22.0. The second kappa shape index (κ2) is 6.12. The number of hydrogen-bond acceptors (Lipinski definition) is 2. The summed E-state index contributed by atoms with van der Waals surface area (Å²) >= 11 is 2.91. The molecule has 0 unspecified atom stereocenters. The van der Waals surface area contributed by atoms with Crippen LogP contribution in [0.15, 0.2) is 22.7 Å². The van der Waals surface area contributed by atoms with Gasteiger partial charge in [-0.2, -0.15) is 13.2 Å². The van der Waals surface area contributed by atoms with Crippen LogP contribution in [0.5, 0.6) is 0 Å². The molecule has 0 heterocycles. The molecule has 0 bridgehead atoms. The van der Waals surface area contributed by atoms with Crippen LogP contribution in [-0.2, 0) is 11.0 Å². The van der Waals surface area contributed by atoms with Crippen molar-refractivity contribution in [3.63, 3.8) is 0 Å². The molecule has 0 spiro atoms. The smallest absolute Gasteiger partial charge is 0.418 e. The molecule has 0 aliphatic carbocycles. The van der Waals surface area contributed by atoms with Crippen molar-refractivity contribution in [2.24, 2.45) is 0 Å². The molecular weight excluding hydrogens is 345 g/mol. The molecule has 110 valence electrons. The SMILES string of the molecule is C[C@H](NC(=O)Nc1ccc(Br)cc1C(F)(F)F)C(=O)O. The molecule has 1 aromatic carbocycles. The third-order valence-corrected chi connectivity index (χ3v) is 2.75. The van der Waals surface area contributed by atoms with E-state index in [1.807, 2.05) is 10.6 Å². The molecule has 2 amide bonds. The van der Waals surface area contributed by atoms with Crippen molar-refractivity contribution < 1.29 is 27.9 Å². The highest BCUT2D eigenvalue weighted by atomic mass is 79.9. The van der Waals surface area contributed by atoms with Crippen LogP contribution in [0.3, 0.4) is 0 Å². The van der Waals surface area contributed by atoms with E-state index in [1.54, 1.807) is 0 Å². The van der Waals surface area contributed by atoms with Crippen LogP contribution in [0.1, 0.15) is 12.5 Å². The first kappa shape index (κ1) is 16.3. The number of carbonyl (C=O) groups excluding carboxylic acids is 1. The number of halogens is 4. The molecule has 0 aliphatic rings. The van der Waals surface area contributed by atoms with E-state index in [-0.39, 0.29) is 4.47 Å². The molecule has 3 N–H and O–H groups in total. The molecule has 0 radical (unpaired) electrons. The number of benzene rings is 1. The van der Waals surface area contributed by atoms with Crippen molar-refractivity contribution in [3.05, 3.63) is 28.2 Å². The van der Waals surface area contributed by atoms with E-state index in [9.17, 15) is 22.8 Å². The predicted molar refractivity (Wildman–Crippen MR) is 68.4 cm³/mol. The summed E-state index contributed by atoms with van der Waals surface area (Å²) in [5, 5.41) is 12.6. The van der Waals surface area contributed by atoms with Gasteiger partial charge in [-0.25, -0.2) is 4.79 Å². The first-order valence-electron chi connectivity index (χ1n) is 5.28. The number of carboxylic acid groups (broad SMARTS) is 1. The van der Waals surface area contributed by atoms with E-state index < -0.39 is 35.5 Å². The summed E-state index contributed by atoms with van der Waals surface area (Å²) in [5.41, 5.74) is -1.50. The van der Waals surface area contributed by atoms with Gasteiger partial charge in [0.15, 0.2) is 0 Å². The lowest BCUT2D eigenvalue weighted by molar-refractivity contribution is -0.139. The van der Waals surface area contributed by atoms with Gasteiger partial charge in [-0.15, -0.1) is 0 Å². The number of rotatable bonds is 3. The maximum absolute atomic E-state index is 12.8. The van der Waals surface area contributed by atoms with E-state index in [0.29, 0.717) is 0 Å². The molecule has 0 aliphatic heterocycles. The summed E-state index contributed by atoms with van der Waals surface area (Å²) in [6.45, 7) is 1.19. The van der Waals surface area contributed by atoms with Crippen molar-refractivity contribution >= 4 is 33.6 Å². The number of carbonyl (C=O) groups is 2. The minimum absolute atomic E-state index is 0.203. The van der Waals surface area contributed by atoms with Gasteiger partial charge in [0.1, 0.15) is 6.04 Å². The highest BCUT2D eigenvalue weighted by Crippen LogP contribution is 2.36. The van der Waals surface area contributed by atoms with Gasteiger partial charge in [-0.3, -0.25) is 4.79 Å². The maximum Gasteiger partial charge on any atom is 0.418 e. The maximum atomic E-state index is 12.8. The van der Waals surface area contributed by atoms with E-state index in [1.165, 1.54) is 13.0 Å². The van der Waals surface area contributed by atoms with Gasteiger partial charge in [0, 0.05) is 4.47 Å². The van der Waals surface area contributed by atoms with Gasteiger partial charge in [0.25, 0.3) is 0 Å². The van der Waals surface area contributed by atoms with Crippen LogP contribution >= 0.6 is 15.9 Å². The fourth-order valence-electron chi connectivity index (χ4n) is 1.28. The Balaban J connectivity index is 2.93. The molecule has 5 nitrogen and oxygen atoms in total. The average Bonchev–Trinajstić information content (AvgIpc) is 2.29. The summed E-state index contributed by atoms with van der Waals surface area (Å²) in [6.07, 6.45) is -4.65. The first-order valence-corrected chi connectivity index (χ1v) is 6.07. The zero-order valence-corrected chi connectivity index (χ0v) is 11.7. The van der Waals surface area contributed by atoms with Gasteiger partial charge in [0.05, 0.1) is 11.3 Å². The Bertz CT molecular complexity index is 534. The van der Waals surface area contributed by atoms with E-state index >= 15 is 0 Å². The standard InChI is InChI=1S/C11H10BrF3N2O3/c1-5(9(18)19)16-10(20)17-8-3-2-6(12)4-7(8)11(13,14)15/h2-5H,1H3,(H,18,19)(H2,16,17,20)/t5-/m0/s1. The van der Waals surface area contributed by atoms with Gasteiger partial charge >= 0.3 is 18.2 Å². The molecule has 0 aromatic heterocycles. The fraction of sp³-hybridized carbons (Fsp3) is 0.273. The Morgan fingerprint density at radius 2 is 1.95 bits per heavy atom. The van der Waals surface area contributed by atoms with Gasteiger partial charge in [-0.05, 0) is 25.1 Å². The Morgan fingerprint density at radius 1 is 1.35 bits per heavy atom. The van der Waals surface area contributed by atoms with E-state index in [4.69, 9.17) is 5.11 Å². The van der Waals surface area contributed by atoms with E-state index in [2.05, 4.69) is 15.9 Å². The first-order chi connectivity index (χ1) is 9.11. The number of amides is 2. The number of aliphatic carboxylic acids is 1. The zero-order chi connectivity index (χ0) is 15.5. The molecule has 1 aromatic rings. The highest BCUT2D eigenvalue weighted by molar-refractivity contribution is 9.10. The highest BCUT2D eigenvalue weighted by Gasteiger charge is 2.34. The number of carboxylic acids is 1. The number of nitrogens with one attached hydrogen (secondary N) is 2. The lowest BCUT2D eigenvalue weighted by atomic mass is 10.1. The normalized spacial score (nSPS) is 12.7. The van der Waals surface area contributed by atoms with Crippen molar-refractivity contribution in [2.75, 3.05) is 5.32 Å². The van der Waals surface area contributed by atoms with Gasteiger partial charge < -0.3 is 15.7 Å². The van der Waals surface area contributed by atoms with Crippen LogP contribution in [-0.4, -0.2) is 23.1 Å². The molecular formula is C11H10BrF3N2O3. The van der Waals surface area contributed by atoms with Gasteiger partial charge in [-0.1, -0.05) is 15.9 Å². The number of alkyl halides is 3. The minimum Gasteiger partial charge on any atom is -0.480 e. The molecule has 0 fully saturated rings. The monoisotopic (exact) mass is 354 g/mol. The minimum atomic E-state index is -4.65. The third kappa shape index (κ3) is 4.41. The zero-order valence-electron chi connectivity index (χ0n) is 10.1. The molecule has 0 saturated carbocycles. The predicted octanol–water partition coefficient (Wildman–Crippen LogP) is 3.06. The molecule has 20 heavy (non-hydrogen) atoms. The molecule has 9 heteroatoms. The molecule has 1 atom stereocenters. The number of anilines is 1. The Labute approximate surface area is 120 Å². The topological polar surface area (TPSA) is 78.4 Å². The van der Waals surface area contributed by atoms with Crippen LogP contribution in [0.2, 0.25) is 0 Å². The second-order valence-electron chi connectivity index (χ2n) is 3.85. The fourth-order valence-corrected chi connectivity index (χ4v) is 1.64. The Hall–Kier alpha value is -1.77. The number of hydrogen-bond donors (Lipinski definition) is 3.